The molecule has 5 heteroatoms. The molecule has 4 rings (SSSR count). The SMILES string of the molecule is CCCCC(=O)c1cccc2c1C(c1ccc(C(=O)N(CC)CC)cc1)=CC1(CCNCC1)O2. The van der Waals surface area contributed by atoms with Crippen LogP contribution in [0.25, 0.3) is 5.57 Å². The number of fused-ring (bicyclic) bond motifs is 1. The van der Waals surface area contributed by atoms with Gasteiger partial charge in [-0.3, -0.25) is 9.59 Å². The van der Waals surface area contributed by atoms with Crippen LogP contribution in [0.1, 0.15) is 84.7 Å². The van der Waals surface area contributed by atoms with Gasteiger partial charge in [0.15, 0.2) is 5.78 Å². The predicted octanol–water partition coefficient (Wildman–Crippen LogP) is 5.49. The number of nitrogens with one attached hydrogen (secondary N) is 1. The van der Waals surface area contributed by atoms with E-state index in [4.69, 9.17) is 4.74 Å². The highest BCUT2D eigenvalue weighted by atomic mass is 16.5. The van der Waals surface area contributed by atoms with Gasteiger partial charge in [0.05, 0.1) is 0 Å². The highest BCUT2D eigenvalue weighted by molar-refractivity contribution is 6.04. The third kappa shape index (κ3) is 4.80. The minimum atomic E-state index is -0.381. The predicted molar refractivity (Wildman–Crippen MR) is 137 cm³/mol. The standard InChI is InChI=1S/C29H36N2O3/c1-4-7-10-25(32)23-9-8-11-26-27(23)24(20-29(34-26)16-18-30-19-17-29)21-12-14-22(15-13-21)28(33)31(5-2)6-3/h8-9,11-15,20,30H,4-7,10,16-19H2,1-3H3. The number of carbonyl (C=O) groups excluding carboxylic acids is 2. The molecule has 0 aliphatic carbocycles. The van der Waals surface area contributed by atoms with Crippen molar-refractivity contribution in [1.29, 1.82) is 0 Å². The minimum Gasteiger partial charge on any atom is -0.482 e. The van der Waals surface area contributed by atoms with Gasteiger partial charge < -0.3 is 15.0 Å². The molecule has 34 heavy (non-hydrogen) atoms. The number of unbranched alkanes of at least 4 members (excludes halogenated alkanes) is 1. The molecule has 0 bridgehead atoms. The van der Waals surface area contributed by atoms with E-state index in [1.165, 1.54) is 0 Å². The van der Waals surface area contributed by atoms with Crippen LogP contribution >= 0.6 is 0 Å². The molecule has 0 atom stereocenters. The van der Waals surface area contributed by atoms with Crippen LogP contribution in [0.15, 0.2) is 48.5 Å². The maximum atomic E-state index is 13.2. The van der Waals surface area contributed by atoms with Gasteiger partial charge in [0.1, 0.15) is 11.4 Å². The molecule has 1 fully saturated rings. The molecule has 1 amide bonds. The highest BCUT2D eigenvalue weighted by Crippen LogP contribution is 2.44. The lowest BCUT2D eigenvalue weighted by atomic mass is 9.81. The summed E-state index contributed by atoms with van der Waals surface area (Å²) in [6, 6.07) is 13.7. The van der Waals surface area contributed by atoms with Crippen LogP contribution in [0.5, 0.6) is 5.75 Å². The Bertz CT molecular complexity index is 1060. The molecular formula is C29H36N2O3. The molecule has 2 aliphatic heterocycles. The Kier molecular flexibility index (Phi) is 7.52. The lowest BCUT2D eigenvalue weighted by Gasteiger charge is -2.40. The van der Waals surface area contributed by atoms with Crippen molar-refractivity contribution in [1.82, 2.24) is 10.2 Å². The number of benzene rings is 2. The van der Waals surface area contributed by atoms with E-state index in [1.54, 1.807) is 0 Å². The summed E-state index contributed by atoms with van der Waals surface area (Å²) in [5.74, 6) is 0.982. The minimum absolute atomic E-state index is 0.0446. The van der Waals surface area contributed by atoms with E-state index < -0.39 is 0 Å². The molecule has 1 N–H and O–H groups in total. The third-order valence-electron chi connectivity index (χ3n) is 7.02. The summed E-state index contributed by atoms with van der Waals surface area (Å²) < 4.78 is 6.60. The van der Waals surface area contributed by atoms with Crippen LogP contribution in [0.2, 0.25) is 0 Å². The first-order valence-electron chi connectivity index (χ1n) is 12.7. The fourth-order valence-corrected chi connectivity index (χ4v) is 4.99. The Morgan fingerprint density at radius 1 is 1.00 bits per heavy atom. The van der Waals surface area contributed by atoms with Gasteiger partial charge in [-0.2, -0.15) is 0 Å². The van der Waals surface area contributed by atoms with Crippen molar-refractivity contribution in [2.24, 2.45) is 0 Å². The molecule has 5 nitrogen and oxygen atoms in total. The fraction of sp³-hybridized carbons (Fsp3) is 0.448. The summed E-state index contributed by atoms with van der Waals surface area (Å²) in [6.45, 7) is 9.25. The Labute approximate surface area is 203 Å². The molecule has 2 aromatic carbocycles. The Morgan fingerprint density at radius 2 is 1.71 bits per heavy atom. The van der Waals surface area contributed by atoms with E-state index in [9.17, 15) is 9.59 Å². The summed E-state index contributed by atoms with van der Waals surface area (Å²) >= 11 is 0. The van der Waals surface area contributed by atoms with Crippen LogP contribution in [0.4, 0.5) is 0 Å². The number of piperidine rings is 1. The summed E-state index contributed by atoms with van der Waals surface area (Å²) in [4.78, 5) is 27.8. The Hall–Kier alpha value is -2.92. The summed E-state index contributed by atoms with van der Waals surface area (Å²) in [7, 11) is 0. The molecular weight excluding hydrogens is 424 g/mol. The van der Waals surface area contributed by atoms with Gasteiger partial charge in [0, 0.05) is 49.0 Å². The van der Waals surface area contributed by atoms with E-state index >= 15 is 0 Å². The number of Topliss-reactive ketones (excluding diaryl/α,β-unsaturated/α-hetero) is 1. The van der Waals surface area contributed by atoms with Crippen LogP contribution in [-0.2, 0) is 0 Å². The first-order valence-corrected chi connectivity index (χ1v) is 12.7. The van der Waals surface area contributed by atoms with E-state index in [0.717, 1.165) is 66.8 Å². The van der Waals surface area contributed by atoms with Crippen molar-refractivity contribution in [3.8, 4) is 5.75 Å². The molecule has 0 aromatic heterocycles. The molecule has 0 saturated carbocycles. The number of carbonyl (C=O) groups is 2. The van der Waals surface area contributed by atoms with Crippen LogP contribution in [0, 0.1) is 0 Å². The van der Waals surface area contributed by atoms with Gasteiger partial charge in [-0.05, 0) is 68.8 Å². The van der Waals surface area contributed by atoms with Crippen molar-refractivity contribution in [2.45, 2.75) is 58.5 Å². The van der Waals surface area contributed by atoms with Crippen molar-refractivity contribution in [3.05, 3.63) is 70.8 Å². The molecule has 1 saturated heterocycles. The molecule has 1 spiro atoms. The van der Waals surface area contributed by atoms with Crippen molar-refractivity contribution >= 4 is 17.3 Å². The molecule has 0 unspecified atom stereocenters. The maximum Gasteiger partial charge on any atom is 0.253 e. The topological polar surface area (TPSA) is 58.6 Å². The summed E-state index contributed by atoms with van der Waals surface area (Å²) in [5, 5.41) is 3.42. The number of ether oxygens (including phenoxy) is 1. The Morgan fingerprint density at radius 3 is 2.35 bits per heavy atom. The zero-order valence-corrected chi connectivity index (χ0v) is 20.7. The average molecular weight is 461 g/mol. The number of ketones is 1. The number of hydrogen-bond acceptors (Lipinski definition) is 4. The molecule has 0 radical (unpaired) electrons. The lowest BCUT2D eigenvalue weighted by molar-refractivity contribution is 0.0772. The zero-order chi connectivity index (χ0) is 24.1. The largest absolute Gasteiger partial charge is 0.482 e. The third-order valence-corrected chi connectivity index (χ3v) is 7.02. The van der Waals surface area contributed by atoms with Crippen molar-refractivity contribution < 1.29 is 14.3 Å². The van der Waals surface area contributed by atoms with Gasteiger partial charge in [0.25, 0.3) is 5.91 Å². The van der Waals surface area contributed by atoms with Gasteiger partial charge in [-0.15, -0.1) is 0 Å². The van der Waals surface area contributed by atoms with Gasteiger partial charge in [-0.1, -0.05) is 37.6 Å². The average Bonchev–Trinajstić information content (AvgIpc) is 2.87. The summed E-state index contributed by atoms with van der Waals surface area (Å²) in [6.07, 6.45) is 6.38. The van der Waals surface area contributed by atoms with Crippen LogP contribution in [-0.4, -0.2) is 48.4 Å². The smallest absolute Gasteiger partial charge is 0.253 e. The van der Waals surface area contributed by atoms with Gasteiger partial charge in [-0.25, -0.2) is 0 Å². The molecule has 2 heterocycles. The van der Waals surface area contributed by atoms with Crippen LogP contribution < -0.4 is 10.1 Å². The highest BCUT2D eigenvalue weighted by Gasteiger charge is 2.38. The van der Waals surface area contributed by atoms with E-state index in [2.05, 4.69) is 18.3 Å². The fourth-order valence-electron chi connectivity index (χ4n) is 4.99. The number of rotatable bonds is 8. The van der Waals surface area contributed by atoms with Gasteiger partial charge >= 0.3 is 0 Å². The monoisotopic (exact) mass is 460 g/mol. The second-order valence-corrected chi connectivity index (χ2v) is 9.24. The Balaban J connectivity index is 1.78. The molecule has 180 valence electrons. The van der Waals surface area contributed by atoms with E-state index in [-0.39, 0.29) is 17.3 Å². The first kappa shape index (κ1) is 24.2. The second kappa shape index (κ2) is 10.6. The quantitative estimate of drug-likeness (QED) is 0.530. The number of nitrogens with zero attached hydrogens (tertiary/aromatic N) is 1. The first-order chi connectivity index (χ1) is 16.5. The second-order valence-electron chi connectivity index (χ2n) is 9.24. The van der Waals surface area contributed by atoms with E-state index in [0.29, 0.717) is 25.1 Å². The molecule has 2 aromatic rings. The van der Waals surface area contributed by atoms with Crippen molar-refractivity contribution in [3.63, 3.8) is 0 Å². The normalized spacial score (nSPS) is 16.4. The number of hydrogen-bond donors (Lipinski definition) is 1. The van der Waals surface area contributed by atoms with E-state index in [1.807, 2.05) is 61.2 Å². The van der Waals surface area contributed by atoms with Gasteiger partial charge in [0.2, 0.25) is 0 Å². The zero-order valence-electron chi connectivity index (χ0n) is 20.7. The van der Waals surface area contributed by atoms with Crippen molar-refractivity contribution in [2.75, 3.05) is 26.2 Å². The summed E-state index contributed by atoms with van der Waals surface area (Å²) in [5.41, 5.74) is 3.96. The number of amides is 1. The molecule has 2 aliphatic rings. The van der Waals surface area contributed by atoms with Crippen LogP contribution in [0.3, 0.4) is 0 Å². The lowest BCUT2D eigenvalue weighted by Crippen LogP contribution is -2.46. The maximum absolute atomic E-state index is 13.2.